The highest BCUT2D eigenvalue weighted by Crippen LogP contribution is 2.32. The zero-order valence-electron chi connectivity index (χ0n) is 54.5. The van der Waals surface area contributed by atoms with Gasteiger partial charge in [0.2, 0.25) is 17.7 Å². The molecule has 95 heavy (non-hydrogen) atoms. The molecule has 0 radical (unpaired) electrons. The molecule has 0 aliphatic carbocycles. The number of ether oxygens (including phenoxy) is 6. The summed E-state index contributed by atoms with van der Waals surface area (Å²) in [5.74, 6) is -1.47. The molecule has 0 aromatic heterocycles. The van der Waals surface area contributed by atoms with Gasteiger partial charge >= 0.3 is 12.1 Å². The Labute approximate surface area is 556 Å². The van der Waals surface area contributed by atoms with Crippen LogP contribution in [-0.2, 0) is 61.7 Å². The molecular formula is C75H88N6O14. The topological polar surface area (TPSA) is 250 Å². The monoisotopic (exact) mass is 1300 g/mol. The number of unbranched alkanes of at least 4 members (excludes halogenated alkanes) is 2. The Morgan fingerprint density at radius 3 is 1.13 bits per heavy atom. The molecule has 20 heteroatoms. The maximum atomic E-state index is 13.5. The lowest BCUT2D eigenvalue weighted by molar-refractivity contribution is -0.174. The van der Waals surface area contributed by atoms with Gasteiger partial charge in [0, 0.05) is 70.4 Å². The second kappa shape index (κ2) is 39.4. The molecule has 0 heterocycles. The van der Waals surface area contributed by atoms with Crippen molar-refractivity contribution in [3.8, 4) is 23.0 Å². The molecule has 0 aliphatic rings. The second-order valence-electron chi connectivity index (χ2n) is 23.1. The summed E-state index contributed by atoms with van der Waals surface area (Å²) in [5.41, 5.74) is 2.95. The van der Waals surface area contributed by atoms with E-state index in [9.17, 15) is 38.7 Å². The van der Waals surface area contributed by atoms with Crippen LogP contribution in [0.2, 0.25) is 0 Å². The van der Waals surface area contributed by atoms with E-state index in [1.54, 1.807) is 60.0 Å². The van der Waals surface area contributed by atoms with Crippen molar-refractivity contribution in [2.45, 2.75) is 117 Å². The number of rotatable bonds is 40. The number of nitrogens with zero attached hydrogens (tertiary/aromatic N) is 2. The first-order valence-electron chi connectivity index (χ1n) is 32.3. The Balaban J connectivity index is 0.825. The van der Waals surface area contributed by atoms with E-state index in [2.05, 4.69) is 21.3 Å². The number of carbonyl (C=O) groups is 7. The van der Waals surface area contributed by atoms with Crippen LogP contribution in [0.1, 0.15) is 121 Å². The molecule has 7 aromatic rings. The fourth-order valence-corrected chi connectivity index (χ4v) is 9.88. The minimum atomic E-state index is -2.48. The van der Waals surface area contributed by atoms with Crippen molar-refractivity contribution in [3.05, 3.63) is 227 Å². The van der Waals surface area contributed by atoms with Crippen molar-refractivity contribution in [1.82, 2.24) is 31.1 Å². The van der Waals surface area contributed by atoms with Crippen LogP contribution in [0.4, 0.5) is 4.79 Å². The fourth-order valence-electron chi connectivity index (χ4n) is 9.88. The average Bonchev–Trinajstić information content (AvgIpc) is 1.18. The minimum Gasteiger partial charge on any atom is -0.485 e. The number of carbonyl (C=O) groups excluding carboxylic acids is 7. The highest BCUT2D eigenvalue weighted by atomic mass is 16.6. The lowest BCUT2D eigenvalue weighted by Crippen LogP contribution is -2.48. The van der Waals surface area contributed by atoms with Gasteiger partial charge in [-0.3, -0.25) is 24.0 Å². The Morgan fingerprint density at radius 1 is 0.411 bits per heavy atom. The van der Waals surface area contributed by atoms with Crippen molar-refractivity contribution >= 4 is 41.6 Å². The number of hydrogen-bond donors (Lipinski definition) is 5. The van der Waals surface area contributed by atoms with Crippen LogP contribution < -0.4 is 40.2 Å². The third-order valence-corrected chi connectivity index (χ3v) is 15.0. The largest absolute Gasteiger partial charge is 0.485 e. The first-order chi connectivity index (χ1) is 46.1. The maximum absolute atomic E-state index is 13.5. The van der Waals surface area contributed by atoms with Gasteiger partial charge < -0.3 is 64.6 Å². The average molecular weight is 1300 g/mol. The lowest BCUT2D eigenvalue weighted by Gasteiger charge is -2.26. The van der Waals surface area contributed by atoms with Crippen LogP contribution in [0.3, 0.4) is 0 Å². The minimum absolute atomic E-state index is 0.0499. The van der Waals surface area contributed by atoms with Gasteiger partial charge in [0.05, 0.1) is 18.9 Å². The van der Waals surface area contributed by atoms with Crippen LogP contribution >= 0.6 is 0 Å². The molecule has 1 unspecified atom stereocenters. The smallest absolute Gasteiger partial charge is 0.410 e. The van der Waals surface area contributed by atoms with Crippen molar-refractivity contribution < 1.29 is 67.1 Å². The summed E-state index contributed by atoms with van der Waals surface area (Å²) >= 11 is 0. The van der Waals surface area contributed by atoms with Gasteiger partial charge in [0.1, 0.15) is 33.0 Å². The van der Waals surface area contributed by atoms with Gasteiger partial charge in [-0.05, 0) is 117 Å². The molecule has 7 rings (SSSR count). The first-order valence-corrected chi connectivity index (χ1v) is 32.3. The second-order valence-corrected chi connectivity index (χ2v) is 23.1. The number of esters is 1. The first kappa shape index (κ1) is 72.2. The van der Waals surface area contributed by atoms with Gasteiger partial charge in [0.15, 0.2) is 28.6 Å². The summed E-state index contributed by atoms with van der Waals surface area (Å²) in [6.45, 7) is 7.90. The predicted molar refractivity (Wildman–Crippen MR) is 360 cm³/mol. The van der Waals surface area contributed by atoms with E-state index in [0.717, 1.165) is 27.8 Å². The van der Waals surface area contributed by atoms with Gasteiger partial charge in [-0.2, -0.15) is 0 Å². The Morgan fingerprint density at radius 2 is 0.747 bits per heavy atom. The molecular weight excluding hydrogens is 1210 g/mol. The third kappa shape index (κ3) is 26.0. The molecule has 7 aromatic carbocycles. The van der Waals surface area contributed by atoms with Gasteiger partial charge in [-0.25, -0.2) is 9.59 Å². The van der Waals surface area contributed by atoms with Crippen LogP contribution in [-0.4, -0.2) is 121 Å². The number of hydrogen-bond acceptors (Lipinski definition) is 14. The summed E-state index contributed by atoms with van der Waals surface area (Å²) in [5, 5.41) is 22.9. The van der Waals surface area contributed by atoms with E-state index in [1.807, 2.05) is 152 Å². The van der Waals surface area contributed by atoms with Crippen LogP contribution in [0, 0.1) is 0 Å². The number of amides is 6. The van der Waals surface area contributed by atoms with Crippen molar-refractivity contribution in [2.75, 3.05) is 52.4 Å². The molecule has 6 amide bonds. The molecule has 0 aliphatic heterocycles. The number of nitrogens with one attached hydrogen (secondary N) is 4. The van der Waals surface area contributed by atoms with E-state index in [4.69, 9.17) is 28.4 Å². The summed E-state index contributed by atoms with van der Waals surface area (Å²) in [7, 11) is 0. The van der Waals surface area contributed by atoms with Gasteiger partial charge in [-0.15, -0.1) is 0 Å². The maximum Gasteiger partial charge on any atom is 0.410 e. The third-order valence-electron chi connectivity index (χ3n) is 15.0. The predicted octanol–water partition coefficient (Wildman–Crippen LogP) is 10.7. The van der Waals surface area contributed by atoms with E-state index >= 15 is 0 Å². The van der Waals surface area contributed by atoms with Gasteiger partial charge in [-0.1, -0.05) is 152 Å². The van der Waals surface area contributed by atoms with Crippen molar-refractivity contribution in [1.29, 1.82) is 0 Å². The normalized spacial score (nSPS) is 11.5. The number of aliphatic hydroxyl groups is 1. The molecule has 0 fully saturated rings. The van der Waals surface area contributed by atoms with Crippen LogP contribution in [0.15, 0.2) is 188 Å². The quantitative estimate of drug-likeness (QED) is 0.0177. The molecule has 0 saturated carbocycles. The highest BCUT2D eigenvalue weighted by Gasteiger charge is 2.42. The molecule has 0 saturated heterocycles. The van der Waals surface area contributed by atoms with E-state index in [0.29, 0.717) is 105 Å². The molecule has 20 nitrogen and oxygen atoms in total. The Bertz CT molecular complexity index is 3510. The lowest BCUT2D eigenvalue weighted by atomic mass is 9.94. The summed E-state index contributed by atoms with van der Waals surface area (Å²) in [6.07, 6.45) is -0.0416. The molecule has 1 atom stereocenters. The summed E-state index contributed by atoms with van der Waals surface area (Å²) < 4.78 is 35.6. The molecule has 5 N–H and O–H groups in total. The SMILES string of the molecule is CC(=O)N(CCCCNC(=O)CC(O)(CC(=O)NCCCCN(CCCNC(=O)c1ccc(OCc2ccccc2)c(OCc2ccccc2)c1)C(=O)OCc1ccccc1)C(=O)OC(C)C)CCCNC(=O)c1ccc(OCc2ccccc2)c(OCc2ccccc2)c1. The summed E-state index contributed by atoms with van der Waals surface area (Å²) in [4.78, 5) is 96.1. The van der Waals surface area contributed by atoms with Crippen molar-refractivity contribution in [3.63, 3.8) is 0 Å². The fraction of sp³-hybridized carbons (Fsp3) is 0.347. The zero-order chi connectivity index (χ0) is 67.5. The van der Waals surface area contributed by atoms with Crippen LogP contribution in [0.25, 0.3) is 0 Å². The molecule has 502 valence electrons. The van der Waals surface area contributed by atoms with Crippen LogP contribution in [0.5, 0.6) is 23.0 Å². The zero-order valence-corrected chi connectivity index (χ0v) is 54.5. The van der Waals surface area contributed by atoms with Gasteiger partial charge in [0.25, 0.3) is 11.8 Å². The Hall–Kier alpha value is -10.2. The highest BCUT2D eigenvalue weighted by molar-refractivity contribution is 5.96. The van der Waals surface area contributed by atoms with Crippen molar-refractivity contribution in [2.24, 2.45) is 0 Å². The number of benzene rings is 7. The standard InChI is InChI=1S/C75H88N6O14/c1-56(2)95-73(87)75(89,49-69(83)76-39-19-21-43-80(57(3)82)45-23-41-78-71(85)63-35-37-65(90-51-58-25-9-4-10-26-58)67(47-63)92-53-60-29-13-6-14-30-60)50-70(84)77-40-20-22-44-81(74(88)94-55-62-33-17-8-18-34-62)46-24-42-79-72(86)64-36-38-66(91-52-59-27-11-5-12-28-59)68(48-64)93-54-61-31-15-7-16-32-61/h4-18,25-38,47-48,56,89H,19-24,39-46,49-55H2,1-3H3,(H,76,83)(H,77,84)(H,78,85)(H,79,86). The van der Waals surface area contributed by atoms with E-state index in [-0.39, 0.29) is 70.3 Å². The Kier molecular flexibility index (Phi) is 29.9. The molecule has 0 bridgehead atoms. The molecule has 0 spiro atoms. The van der Waals surface area contributed by atoms with E-state index in [1.165, 1.54) is 6.92 Å². The summed E-state index contributed by atoms with van der Waals surface area (Å²) in [6, 6.07) is 58.2. The van der Waals surface area contributed by atoms with E-state index < -0.39 is 48.4 Å².